The Bertz CT molecular complexity index is 111. The van der Waals surface area contributed by atoms with E-state index < -0.39 is 0 Å². The summed E-state index contributed by atoms with van der Waals surface area (Å²) in [6.45, 7) is 4.03. The molecule has 1 heterocycles. The summed E-state index contributed by atoms with van der Waals surface area (Å²) in [5.41, 5.74) is 0. The van der Waals surface area contributed by atoms with E-state index in [-0.39, 0.29) is 6.10 Å². The van der Waals surface area contributed by atoms with Crippen LogP contribution in [0.2, 0.25) is 0 Å². The van der Waals surface area contributed by atoms with Crippen LogP contribution in [0.15, 0.2) is 0 Å². The fraction of sp³-hybridized carbons (Fsp3) is 1.00. The minimum atomic E-state index is -0.155. The van der Waals surface area contributed by atoms with Crippen LogP contribution < -0.4 is 0 Å². The molecule has 0 aliphatic carbocycles. The van der Waals surface area contributed by atoms with Crippen molar-refractivity contribution in [2.45, 2.75) is 31.0 Å². The highest BCUT2D eigenvalue weighted by Gasteiger charge is 2.24. The summed E-state index contributed by atoms with van der Waals surface area (Å²) < 4.78 is 0.628. The van der Waals surface area contributed by atoms with Gasteiger partial charge >= 0.3 is 0 Å². The zero-order chi connectivity index (χ0) is 8.27. The van der Waals surface area contributed by atoms with Crippen LogP contribution in [0.3, 0.4) is 0 Å². The van der Waals surface area contributed by atoms with Crippen molar-refractivity contribution in [1.29, 1.82) is 0 Å². The average Bonchev–Trinajstić information content (AvgIpc) is 2.05. The van der Waals surface area contributed by atoms with Gasteiger partial charge < -0.3 is 5.11 Å². The third-order valence-corrected chi connectivity index (χ3v) is 5.42. The van der Waals surface area contributed by atoms with Crippen molar-refractivity contribution in [1.82, 2.24) is 0 Å². The Morgan fingerprint density at radius 2 is 1.82 bits per heavy atom. The number of aliphatic hydroxyl groups is 1. The Hall–Kier alpha value is 0.660. The van der Waals surface area contributed by atoms with E-state index >= 15 is 0 Å². The summed E-state index contributed by atoms with van der Waals surface area (Å²) in [5, 5.41) is 9.35. The minimum Gasteiger partial charge on any atom is -0.393 e. The maximum absolute atomic E-state index is 9.35. The van der Waals surface area contributed by atoms with E-state index in [1.165, 1.54) is 17.9 Å². The Morgan fingerprint density at radius 3 is 2.27 bits per heavy atom. The lowest BCUT2D eigenvalue weighted by atomic mass is 10.1. The van der Waals surface area contributed by atoms with Gasteiger partial charge in [0.2, 0.25) is 0 Å². The van der Waals surface area contributed by atoms with Gasteiger partial charge in [-0.15, -0.1) is 23.5 Å². The van der Waals surface area contributed by atoms with E-state index in [2.05, 4.69) is 6.92 Å². The molecule has 0 aromatic carbocycles. The summed E-state index contributed by atoms with van der Waals surface area (Å²) in [6, 6.07) is 0. The molecule has 1 saturated heterocycles. The monoisotopic (exact) mass is 192 g/mol. The van der Waals surface area contributed by atoms with Crippen LogP contribution in [0, 0.1) is 5.92 Å². The van der Waals surface area contributed by atoms with Crippen LogP contribution >= 0.6 is 23.5 Å². The average molecular weight is 192 g/mol. The fourth-order valence-corrected chi connectivity index (χ4v) is 4.33. The van der Waals surface area contributed by atoms with Gasteiger partial charge in [0.25, 0.3) is 0 Å². The predicted octanol–water partition coefficient (Wildman–Crippen LogP) is 2.20. The topological polar surface area (TPSA) is 20.2 Å². The van der Waals surface area contributed by atoms with E-state index in [0.717, 1.165) is 0 Å². The van der Waals surface area contributed by atoms with Crippen molar-refractivity contribution in [3.63, 3.8) is 0 Å². The van der Waals surface area contributed by atoms with E-state index in [4.69, 9.17) is 0 Å². The second kappa shape index (κ2) is 4.63. The lowest BCUT2D eigenvalue weighted by molar-refractivity contribution is 0.143. The zero-order valence-electron chi connectivity index (χ0n) is 7.12. The van der Waals surface area contributed by atoms with Gasteiger partial charge in [0, 0.05) is 5.92 Å². The molecule has 2 atom stereocenters. The highest BCUT2D eigenvalue weighted by atomic mass is 32.2. The van der Waals surface area contributed by atoms with Crippen molar-refractivity contribution >= 4 is 23.5 Å². The molecule has 0 saturated carbocycles. The molecule has 0 bridgehead atoms. The minimum absolute atomic E-state index is 0.155. The second-order valence-electron chi connectivity index (χ2n) is 3.06. The van der Waals surface area contributed by atoms with Gasteiger partial charge in [0.05, 0.1) is 10.7 Å². The number of hydrogen-bond donors (Lipinski definition) is 1. The van der Waals surface area contributed by atoms with E-state index in [1.807, 2.05) is 30.4 Å². The van der Waals surface area contributed by atoms with Crippen LogP contribution in [-0.2, 0) is 0 Å². The highest BCUT2D eigenvalue weighted by Crippen LogP contribution is 2.36. The lowest BCUT2D eigenvalue weighted by Gasteiger charge is -2.28. The predicted molar refractivity (Wildman–Crippen MR) is 54.2 cm³/mol. The Balaban J connectivity index is 2.32. The molecule has 11 heavy (non-hydrogen) atoms. The van der Waals surface area contributed by atoms with Gasteiger partial charge in [-0.1, -0.05) is 6.92 Å². The van der Waals surface area contributed by atoms with Crippen LogP contribution in [0.4, 0.5) is 0 Å². The highest BCUT2D eigenvalue weighted by molar-refractivity contribution is 8.17. The number of rotatable bonds is 2. The Morgan fingerprint density at radius 1 is 1.27 bits per heavy atom. The van der Waals surface area contributed by atoms with E-state index in [1.54, 1.807) is 0 Å². The summed E-state index contributed by atoms with van der Waals surface area (Å²) in [6.07, 6.45) is 1.18. The van der Waals surface area contributed by atoms with Crippen LogP contribution in [0.25, 0.3) is 0 Å². The Labute approximate surface area is 77.3 Å². The van der Waals surface area contributed by atoms with Crippen LogP contribution in [-0.4, -0.2) is 27.3 Å². The van der Waals surface area contributed by atoms with Crippen LogP contribution in [0.5, 0.6) is 0 Å². The molecule has 0 spiro atoms. The first kappa shape index (κ1) is 9.75. The van der Waals surface area contributed by atoms with Gasteiger partial charge in [0.15, 0.2) is 0 Å². The maximum Gasteiger partial charge on any atom is 0.0556 e. The summed E-state index contributed by atoms with van der Waals surface area (Å²) in [5.74, 6) is 2.98. The van der Waals surface area contributed by atoms with Crippen molar-refractivity contribution < 1.29 is 5.11 Å². The molecule has 1 fully saturated rings. The first-order chi connectivity index (χ1) is 5.22. The first-order valence-corrected chi connectivity index (χ1v) is 6.23. The molecule has 0 aromatic rings. The van der Waals surface area contributed by atoms with Crippen molar-refractivity contribution in [2.75, 3.05) is 11.5 Å². The third-order valence-electron chi connectivity index (χ3n) is 2.04. The molecule has 1 aliphatic rings. The normalized spacial score (nSPS) is 26.5. The summed E-state index contributed by atoms with van der Waals surface area (Å²) in [4.78, 5) is 0. The summed E-state index contributed by atoms with van der Waals surface area (Å²) in [7, 11) is 0. The molecule has 0 amide bonds. The van der Waals surface area contributed by atoms with Crippen molar-refractivity contribution in [3.05, 3.63) is 0 Å². The molecule has 2 unspecified atom stereocenters. The maximum atomic E-state index is 9.35. The molecule has 1 aliphatic heterocycles. The molecular weight excluding hydrogens is 176 g/mol. The van der Waals surface area contributed by atoms with Crippen molar-refractivity contribution in [2.24, 2.45) is 5.92 Å². The Kier molecular flexibility index (Phi) is 4.10. The number of aliphatic hydroxyl groups excluding tert-OH is 1. The summed E-state index contributed by atoms with van der Waals surface area (Å²) >= 11 is 4.01. The molecule has 0 aromatic heterocycles. The fourth-order valence-electron chi connectivity index (χ4n) is 1.04. The second-order valence-corrected chi connectivity index (χ2v) is 5.86. The molecule has 0 radical (unpaired) electrons. The standard InChI is InChI=1S/C8H16OS2/c1-6(7(2)9)8-10-4-3-5-11-8/h6-9H,3-5H2,1-2H3. The van der Waals surface area contributed by atoms with Crippen LogP contribution in [0.1, 0.15) is 20.3 Å². The van der Waals surface area contributed by atoms with E-state index in [0.29, 0.717) is 10.5 Å². The molecular formula is C8H16OS2. The quantitative estimate of drug-likeness (QED) is 0.724. The lowest BCUT2D eigenvalue weighted by Crippen LogP contribution is -2.25. The van der Waals surface area contributed by atoms with Gasteiger partial charge in [-0.05, 0) is 24.9 Å². The molecule has 3 heteroatoms. The van der Waals surface area contributed by atoms with Gasteiger partial charge in [-0.3, -0.25) is 0 Å². The number of hydrogen-bond acceptors (Lipinski definition) is 3. The number of thioether (sulfide) groups is 2. The molecule has 1 nitrogen and oxygen atoms in total. The molecule has 1 rings (SSSR count). The van der Waals surface area contributed by atoms with Crippen molar-refractivity contribution in [3.8, 4) is 0 Å². The SMILES string of the molecule is CC(O)C(C)C1SCCCS1. The first-order valence-electron chi connectivity index (χ1n) is 4.13. The van der Waals surface area contributed by atoms with E-state index in [9.17, 15) is 5.11 Å². The third kappa shape index (κ3) is 2.88. The molecule has 66 valence electrons. The largest absolute Gasteiger partial charge is 0.393 e. The van der Waals surface area contributed by atoms with Gasteiger partial charge in [0.1, 0.15) is 0 Å². The molecule has 1 N–H and O–H groups in total. The van der Waals surface area contributed by atoms with Gasteiger partial charge in [-0.25, -0.2) is 0 Å². The smallest absolute Gasteiger partial charge is 0.0556 e. The zero-order valence-corrected chi connectivity index (χ0v) is 8.75. The van der Waals surface area contributed by atoms with Gasteiger partial charge in [-0.2, -0.15) is 0 Å².